The van der Waals surface area contributed by atoms with Gasteiger partial charge in [-0.15, -0.1) is 0 Å². The molecule has 3 atom stereocenters. The number of nitrogens with zero attached hydrogens (tertiary/aromatic N) is 1. The molecule has 1 N–H and O–H groups in total. The Labute approximate surface area is 156 Å². The van der Waals surface area contributed by atoms with Crippen molar-refractivity contribution in [3.8, 4) is 0 Å². The van der Waals surface area contributed by atoms with E-state index in [4.69, 9.17) is 9.47 Å². The molecule has 140 valence electrons. The maximum atomic E-state index is 10.4. The summed E-state index contributed by atoms with van der Waals surface area (Å²) in [7, 11) is 1.75. The van der Waals surface area contributed by atoms with Gasteiger partial charge in [0.25, 0.3) is 0 Å². The van der Waals surface area contributed by atoms with Crippen LogP contribution in [0.15, 0.2) is 54.6 Å². The molecule has 0 aliphatic carbocycles. The quantitative estimate of drug-likeness (QED) is 0.790. The Kier molecular flexibility index (Phi) is 6.80. The van der Waals surface area contributed by atoms with Crippen LogP contribution in [-0.2, 0) is 9.47 Å². The van der Waals surface area contributed by atoms with Gasteiger partial charge in [0, 0.05) is 26.7 Å². The molecule has 2 aromatic rings. The van der Waals surface area contributed by atoms with E-state index in [0.717, 1.165) is 30.6 Å². The minimum Gasteiger partial charge on any atom is -0.389 e. The van der Waals surface area contributed by atoms with Crippen molar-refractivity contribution in [2.45, 2.75) is 31.7 Å². The van der Waals surface area contributed by atoms with E-state index in [-0.39, 0.29) is 12.2 Å². The minimum atomic E-state index is -0.512. The van der Waals surface area contributed by atoms with Gasteiger partial charge in [-0.25, -0.2) is 0 Å². The molecular weight excluding hydrogens is 326 g/mol. The lowest BCUT2D eigenvalue weighted by molar-refractivity contribution is -0.00752. The lowest BCUT2D eigenvalue weighted by Crippen LogP contribution is -2.34. The van der Waals surface area contributed by atoms with Crippen LogP contribution < -0.4 is 0 Å². The highest BCUT2D eigenvalue weighted by molar-refractivity contribution is 5.31. The molecule has 2 unspecified atom stereocenters. The first kappa shape index (κ1) is 19.1. The molecule has 0 amide bonds. The van der Waals surface area contributed by atoms with Crippen molar-refractivity contribution in [3.63, 3.8) is 0 Å². The van der Waals surface area contributed by atoms with Gasteiger partial charge >= 0.3 is 0 Å². The van der Waals surface area contributed by atoms with Gasteiger partial charge in [0.2, 0.25) is 0 Å². The molecule has 3 rings (SSSR count). The third kappa shape index (κ3) is 5.15. The van der Waals surface area contributed by atoms with Crippen LogP contribution in [0.25, 0.3) is 0 Å². The number of β-amino-alcohol motifs (C(OH)–C–C–N with tert-alkyl or cyclic N) is 1. The Bertz CT molecular complexity index is 659. The van der Waals surface area contributed by atoms with E-state index >= 15 is 0 Å². The van der Waals surface area contributed by atoms with E-state index in [1.807, 2.05) is 18.2 Å². The summed E-state index contributed by atoms with van der Waals surface area (Å²) in [4.78, 5) is 2.24. The van der Waals surface area contributed by atoms with Crippen LogP contribution in [0.5, 0.6) is 0 Å². The standard InChI is InChI=1S/C22H29NO3/c1-17-8-10-19(11-9-17)22(18-6-4-3-5-7-18)26-16-20(24)14-23-13-12-21(15-23)25-2/h3-11,20-22,24H,12-16H2,1-2H3/t20?,21-,22?/m0/s1. The number of hydrogen-bond acceptors (Lipinski definition) is 4. The summed E-state index contributed by atoms with van der Waals surface area (Å²) in [5, 5.41) is 10.4. The lowest BCUT2D eigenvalue weighted by atomic mass is 10.0. The molecule has 1 saturated heterocycles. The Hall–Kier alpha value is -1.72. The molecule has 0 aromatic heterocycles. The van der Waals surface area contributed by atoms with Crippen LogP contribution in [-0.4, -0.2) is 55.6 Å². The molecule has 0 radical (unpaired) electrons. The summed E-state index contributed by atoms with van der Waals surface area (Å²) in [6, 6.07) is 18.6. The van der Waals surface area contributed by atoms with Crippen molar-refractivity contribution in [1.29, 1.82) is 0 Å². The van der Waals surface area contributed by atoms with Crippen LogP contribution in [0.2, 0.25) is 0 Å². The van der Waals surface area contributed by atoms with Crippen LogP contribution in [0, 0.1) is 6.92 Å². The first-order valence-electron chi connectivity index (χ1n) is 9.32. The molecule has 4 nitrogen and oxygen atoms in total. The van der Waals surface area contributed by atoms with Crippen molar-refractivity contribution < 1.29 is 14.6 Å². The average molecular weight is 355 g/mol. The first-order valence-corrected chi connectivity index (χ1v) is 9.32. The van der Waals surface area contributed by atoms with Crippen molar-refractivity contribution in [2.24, 2.45) is 0 Å². The van der Waals surface area contributed by atoms with E-state index in [0.29, 0.717) is 13.2 Å². The van der Waals surface area contributed by atoms with E-state index in [9.17, 15) is 5.11 Å². The fraction of sp³-hybridized carbons (Fsp3) is 0.455. The maximum Gasteiger partial charge on any atom is 0.108 e. The molecule has 1 fully saturated rings. The number of hydrogen-bond donors (Lipinski definition) is 1. The largest absolute Gasteiger partial charge is 0.389 e. The second-order valence-electron chi connectivity index (χ2n) is 7.09. The first-order chi connectivity index (χ1) is 12.7. The molecular formula is C22H29NO3. The van der Waals surface area contributed by atoms with Crippen molar-refractivity contribution in [3.05, 3.63) is 71.3 Å². The molecule has 0 bridgehead atoms. The topological polar surface area (TPSA) is 41.9 Å². The third-order valence-electron chi connectivity index (χ3n) is 4.97. The normalized spacial score (nSPS) is 20.2. The van der Waals surface area contributed by atoms with Gasteiger partial charge in [-0.2, -0.15) is 0 Å². The average Bonchev–Trinajstić information content (AvgIpc) is 3.11. The Morgan fingerprint density at radius 1 is 1.08 bits per heavy atom. The Morgan fingerprint density at radius 3 is 2.42 bits per heavy atom. The number of aliphatic hydroxyl groups is 1. The fourth-order valence-corrected chi connectivity index (χ4v) is 3.47. The monoisotopic (exact) mass is 355 g/mol. The molecule has 4 heteroatoms. The molecule has 1 aliphatic rings. The van der Waals surface area contributed by atoms with Gasteiger partial charge in [-0.3, -0.25) is 4.90 Å². The van der Waals surface area contributed by atoms with Crippen LogP contribution >= 0.6 is 0 Å². The van der Waals surface area contributed by atoms with Gasteiger partial charge in [-0.1, -0.05) is 60.2 Å². The molecule has 1 aliphatic heterocycles. The lowest BCUT2D eigenvalue weighted by Gasteiger charge is -2.24. The molecule has 0 spiro atoms. The predicted octanol–water partition coefficient (Wildman–Crippen LogP) is 3.18. The van der Waals surface area contributed by atoms with Gasteiger partial charge in [0.1, 0.15) is 6.10 Å². The molecule has 0 saturated carbocycles. The Balaban J connectivity index is 1.62. The highest BCUT2D eigenvalue weighted by Crippen LogP contribution is 2.26. The molecule has 2 aromatic carbocycles. The summed E-state index contributed by atoms with van der Waals surface area (Å²) >= 11 is 0. The predicted molar refractivity (Wildman–Crippen MR) is 103 cm³/mol. The summed E-state index contributed by atoms with van der Waals surface area (Å²) in [6.07, 6.45) is 0.631. The number of aryl methyl sites for hydroxylation is 1. The van der Waals surface area contributed by atoms with Gasteiger partial charge in [0.05, 0.1) is 18.8 Å². The van der Waals surface area contributed by atoms with E-state index in [1.165, 1.54) is 5.56 Å². The summed E-state index contributed by atoms with van der Waals surface area (Å²) < 4.78 is 11.6. The van der Waals surface area contributed by atoms with Crippen molar-refractivity contribution in [2.75, 3.05) is 33.4 Å². The summed E-state index contributed by atoms with van der Waals surface area (Å²) in [5.74, 6) is 0. The van der Waals surface area contributed by atoms with Crippen LogP contribution in [0.3, 0.4) is 0 Å². The second kappa shape index (κ2) is 9.28. The zero-order valence-corrected chi connectivity index (χ0v) is 15.7. The van der Waals surface area contributed by atoms with Gasteiger partial charge < -0.3 is 14.6 Å². The van der Waals surface area contributed by atoms with Crippen molar-refractivity contribution >= 4 is 0 Å². The summed E-state index contributed by atoms with van der Waals surface area (Å²) in [6.45, 7) is 4.86. The number of benzene rings is 2. The van der Waals surface area contributed by atoms with Gasteiger partial charge in [-0.05, 0) is 24.5 Å². The third-order valence-corrected chi connectivity index (χ3v) is 4.97. The maximum absolute atomic E-state index is 10.4. The molecule has 1 heterocycles. The van der Waals surface area contributed by atoms with Crippen molar-refractivity contribution in [1.82, 2.24) is 4.90 Å². The number of methoxy groups -OCH3 is 1. The highest BCUT2D eigenvalue weighted by Gasteiger charge is 2.24. The van der Waals surface area contributed by atoms with E-state index < -0.39 is 6.10 Å². The number of rotatable bonds is 8. The second-order valence-corrected chi connectivity index (χ2v) is 7.09. The zero-order chi connectivity index (χ0) is 18.4. The number of likely N-dealkylation sites (tertiary alicyclic amines) is 1. The minimum absolute atomic E-state index is 0.170. The zero-order valence-electron chi connectivity index (χ0n) is 15.7. The highest BCUT2D eigenvalue weighted by atomic mass is 16.5. The molecule has 26 heavy (non-hydrogen) atoms. The smallest absolute Gasteiger partial charge is 0.108 e. The SMILES string of the molecule is CO[C@H]1CCN(CC(O)COC(c2ccccc2)c2ccc(C)cc2)C1. The fourth-order valence-electron chi connectivity index (χ4n) is 3.47. The van der Waals surface area contributed by atoms with E-state index in [2.05, 4.69) is 48.2 Å². The van der Waals surface area contributed by atoms with Gasteiger partial charge in [0.15, 0.2) is 0 Å². The number of ether oxygens (including phenoxy) is 2. The number of aliphatic hydroxyl groups excluding tert-OH is 1. The summed E-state index contributed by atoms with van der Waals surface area (Å²) in [5.41, 5.74) is 3.43. The van der Waals surface area contributed by atoms with Crippen LogP contribution in [0.4, 0.5) is 0 Å². The Morgan fingerprint density at radius 2 is 1.77 bits per heavy atom. The van der Waals surface area contributed by atoms with Crippen LogP contribution in [0.1, 0.15) is 29.2 Å². The van der Waals surface area contributed by atoms with E-state index in [1.54, 1.807) is 7.11 Å².